The number of benzene rings is 2. The van der Waals surface area contributed by atoms with Crippen molar-refractivity contribution in [1.82, 2.24) is 0 Å². The van der Waals surface area contributed by atoms with Gasteiger partial charge in [0.1, 0.15) is 17.4 Å². The second-order valence-electron chi connectivity index (χ2n) is 4.21. The minimum absolute atomic E-state index is 0.0254. The fourth-order valence-electron chi connectivity index (χ4n) is 1.65. The first-order valence-electron chi connectivity index (χ1n) is 5.93. The Morgan fingerprint density at radius 1 is 1.23 bits per heavy atom. The third kappa shape index (κ3) is 3.56. The van der Waals surface area contributed by atoms with Crippen LogP contribution in [0.1, 0.15) is 10.4 Å². The fourth-order valence-corrected chi connectivity index (χ4v) is 1.88. The van der Waals surface area contributed by atoms with Gasteiger partial charge in [0.05, 0.1) is 15.5 Å². The zero-order chi connectivity index (χ0) is 16.3. The number of hydrogen-bond acceptors (Lipinski definition) is 4. The molecular weight excluding hydrogens is 320 g/mol. The first-order chi connectivity index (χ1) is 10.4. The van der Waals surface area contributed by atoms with Gasteiger partial charge in [0.15, 0.2) is 6.61 Å². The molecule has 114 valence electrons. The van der Waals surface area contributed by atoms with E-state index in [0.29, 0.717) is 0 Å². The summed E-state index contributed by atoms with van der Waals surface area (Å²) in [4.78, 5) is 21.7. The number of halogens is 3. The molecule has 0 radical (unpaired) electrons. The van der Waals surface area contributed by atoms with E-state index >= 15 is 0 Å². The molecule has 2 aromatic carbocycles. The lowest BCUT2D eigenvalue weighted by molar-refractivity contribution is -0.384. The summed E-state index contributed by atoms with van der Waals surface area (Å²) in [5.41, 5.74) is -0.683. The van der Waals surface area contributed by atoms with Crippen LogP contribution in [-0.4, -0.2) is 17.3 Å². The van der Waals surface area contributed by atoms with Crippen molar-refractivity contribution >= 4 is 23.1 Å². The van der Waals surface area contributed by atoms with E-state index in [4.69, 9.17) is 16.3 Å². The maximum absolute atomic E-state index is 13.4. The zero-order valence-electron chi connectivity index (χ0n) is 10.9. The van der Waals surface area contributed by atoms with Crippen LogP contribution < -0.4 is 4.74 Å². The largest absolute Gasteiger partial charge is 0.484 e. The molecule has 0 atom stereocenters. The number of ketones is 1. The summed E-state index contributed by atoms with van der Waals surface area (Å²) in [5.74, 6) is -2.38. The molecule has 0 saturated carbocycles. The van der Waals surface area contributed by atoms with Gasteiger partial charge in [0.2, 0.25) is 5.78 Å². The van der Waals surface area contributed by atoms with Crippen molar-refractivity contribution in [1.29, 1.82) is 0 Å². The molecule has 8 heteroatoms. The van der Waals surface area contributed by atoms with Gasteiger partial charge in [0.25, 0.3) is 5.69 Å². The summed E-state index contributed by atoms with van der Waals surface area (Å²) in [6, 6.07) is 5.91. The van der Waals surface area contributed by atoms with Crippen LogP contribution in [0.5, 0.6) is 5.75 Å². The molecular formula is C14H8ClF2NO4. The first kappa shape index (κ1) is 15.8. The Morgan fingerprint density at radius 2 is 1.95 bits per heavy atom. The van der Waals surface area contributed by atoms with Gasteiger partial charge in [-0.2, -0.15) is 0 Å². The second kappa shape index (κ2) is 6.48. The average molecular weight is 328 g/mol. The van der Waals surface area contributed by atoms with E-state index in [0.717, 1.165) is 30.3 Å². The molecule has 5 nitrogen and oxygen atoms in total. The molecule has 0 aliphatic rings. The summed E-state index contributed by atoms with van der Waals surface area (Å²) in [6.45, 7) is -0.585. The molecule has 0 aliphatic heterocycles. The summed E-state index contributed by atoms with van der Waals surface area (Å²) in [6.07, 6.45) is 0. The van der Waals surface area contributed by atoms with Crippen LogP contribution in [0, 0.1) is 21.7 Å². The number of nitro groups is 1. The zero-order valence-corrected chi connectivity index (χ0v) is 11.6. The molecule has 2 aromatic rings. The smallest absolute Gasteiger partial charge is 0.271 e. The Labute approximate surface area is 128 Å². The van der Waals surface area contributed by atoms with Gasteiger partial charge < -0.3 is 4.74 Å². The molecule has 0 amide bonds. The molecule has 0 aliphatic carbocycles. The number of carbonyl (C=O) groups excluding carboxylic acids is 1. The minimum Gasteiger partial charge on any atom is -0.484 e. The third-order valence-electron chi connectivity index (χ3n) is 2.71. The van der Waals surface area contributed by atoms with Gasteiger partial charge in [-0.05, 0) is 24.3 Å². The van der Waals surface area contributed by atoms with Crippen LogP contribution >= 0.6 is 11.6 Å². The van der Waals surface area contributed by atoms with E-state index in [1.807, 2.05) is 0 Å². The molecule has 0 heterocycles. The lowest BCUT2D eigenvalue weighted by Gasteiger charge is -2.08. The predicted molar refractivity (Wildman–Crippen MR) is 74.3 cm³/mol. The third-order valence-corrected chi connectivity index (χ3v) is 3.01. The van der Waals surface area contributed by atoms with Crippen molar-refractivity contribution in [2.24, 2.45) is 0 Å². The highest BCUT2D eigenvalue weighted by atomic mass is 35.5. The van der Waals surface area contributed by atoms with Gasteiger partial charge in [-0.25, -0.2) is 8.78 Å². The Morgan fingerprint density at radius 3 is 2.59 bits per heavy atom. The van der Waals surface area contributed by atoms with Crippen LogP contribution in [0.25, 0.3) is 0 Å². The van der Waals surface area contributed by atoms with Gasteiger partial charge in [-0.1, -0.05) is 11.6 Å². The lowest BCUT2D eigenvalue weighted by Crippen LogP contribution is -2.13. The van der Waals surface area contributed by atoms with Crippen molar-refractivity contribution in [2.45, 2.75) is 0 Å². The Bertz CT molecular complexity index is 752. The molecule has 0 spiro atoms. The maximum atomic E-state index is 13.4. The highest BCUT2D eigenvalue weighted by Gasteiger charge is 2.15. The fraction of sp³-hybridized carbons (Fsp3) is 0.0714. The number of nitro benzene ring substituents is 1. The quantitative estimate of drug-likeness (QED) is 0.476. The molecule has 0 saturated heterocycles. The molecule has 0 fully saturated rings. The number of nitrogens with zero attached hydrogens (tertiary/aromatic N) is 1. The highest BCUT2D eigenvalue weighted by molar-refractivity contribution is 6.32. The van der Waals surface area contributed by atoms with Crippen LogP contribution in [0.3, 0.4) is 0 Å². The topological polar surface area (TPSA) is 69.4 Å². The SMILES string of the molecule is O=C(COc1ccc([N+](=O)[O-])cc1Cl)c1cc(F)ccc1F. The van der Waals surface area contributed by atoms with Crippen molar-refractivity contribution in [3.05, 3.63) is 68.7 Å². The standard InChI is InChI=1S/C14H8ClF2NO4/c15-11-6-9(18(20)21)2-4-14(11)22-7-13(19)10-5-8(16)1-3-12(10)17/h1-6H,7H2. The van der Waals surface area contributed by atoms with Gasteiger partial charge in [-0.15, -0.1) is 0 Å². The minimum atomic E-state index is -0.871. The summed E-state index contributed by atoms with van der Waals surface area (Å²) in [5, 5.41) is 10.5. The van der Waals surface area contributed by atoms with Crippen molar-refractivity contribution in [3.63, 3.8) is 0 Å². The van der Waals surface area contributed by atoms with Crippen LogP contribution in [0.15, 0.2) is 36.4 Å². The molecule has 22 heavy (non-hydrogen) atoms. The first-order valence-corrected chi connectivity index (χ1v) is 6.31. The van der Waals surface area contributed by atoms with E-state index in [1.54, 1.807) is 0 Å². The van der Waals surface area contributed by atoms with Crippen LogP contribution in [0.4, 0.5) is 14.5 Å². The van der Waals surface area contributed by atoms with E-state index < -0.39 is 34.5 Å². The van der Waals surface area contributed by atoms with Crippen molar-refractivity contribution in [3.8, 4) is 5.75 Å². The lowest BCUT2D eigenvalue weighted by atomic mass is 10.1. The molecule has 0 N–H and O–H groups in total. The van der Waals surface area contributed by atoms with Crippen molar-refractivity contribution in [2.75, 3.05) is 6.61 Å². The number of non-ortho nitro benzene ring substituents is 1. The Balaban J connectivity index is 2.11. The molecule has 0 unspecified atom stereocenters. The van der Waals surface area contributed by atoms with Gasteiger partial charge in [0, 0.05) is 12.1 Å². The van der Waals surface area contributed by atoms with E-state index in [2.05, 4.69) is 0 Å². The van der Waals surface area contributed by atoms with Crippen LogP contribution in [-0.2, 0) is 0 Å². The van der Waals surface area contributed by atoms with Gasteiger partial charge >= 0.3 is 0 Å². The maximum Gasteiger partial charge on any atom is 0.271 e. The van der Waals surface area contributed by atoms with E-state index in [1.165, 1.54) is 6.07 Å². The normalized spacial score (nSPS) is 10.3. The number of carbonyl (C=O) groups is 1. The monoisotopic (exact) mass is 327 g/mol. The summed E-state index contributed by atoms with van der Waals surface area (Å²) >= 11 is 5.78. The number of ether oxygens (including phenoxy) is 1. The molecule has 0 bridgehead atoms. The summed E-state index contributed by atoms with van der Waals surface area (Å²) < 4.78 is 31.5. The Hall–Kier alpha value is -2.54. The predicted octanol–water partition coefficient (Wildman–Crippen LogP) is 3.79. The van der Waals surface area contributed by atoms with Crippen molar-refractivity contribution < 1.29 is 23.2 Å². The number of Topliss-reactive ketones (excluding diaryl/α,β-unsaturated/α-hetero) is 1. The molecule has 0 aromatic heterocycles. The molecule has 2 rings (SSSR count). The number of hydrogen-bond donors (Lipinski definition) is 0. The number of rotatable bonds is 5. The van der Waals surface area contributed by atoms with Gasteiger partial charge in [-0.3, -0.25) is 14.9 Å². The summed E-state index contributed by atoms with van der Waals surface area (Å²) in [7, 11) is 0. The van der Waals surface area contributed by atoms with Crippen LogP contribution in [0.2, 0.25) is 5.02 Å². The Kier molecular flexibility index (Phi) is 4.67. The van der Waals surface area contributed by atoms with E-state index in [-0.39, 0.29) is 16.5 Å². The van der Waals surface area contributed by atoms with E-state index in [9.17, 15) is 23.7 Å². The highest BCUT2D eigenvalue weighted by Crippen LogP contribution is 2.28. The second-order valence-corrected chi connectivity index (χ2v) is 4.62. The average Bonchev–Trinajstić information content (AvgIpc) is 2.48.